The minimum absolute atomic E-state index is 0.116. The summed E-state index contributed by atoms with van der Waals surface area (Å²) in [5.74, 6) is -1.26. The number of nitrogens with zero attached hydrogens (tertiary/aromatic N) is 1. The average molecular weight is 327 g/mol. The Kier molecular flexibility index (Phi) is 4.47. The predicted molar refractivity (Wildman–Crippen MR) is 76.1 cm³/mol. The topological polar surface area (TPSA) is 24.9 Å². The standard InChI is InChI=1S/C14H13BrF2N2/c1-2-6-18-9-5-7-19-12(8-9)13-11(16)4-3-10(15)14(13)17/h3-5,7-8H,2,6H2,1H3,(H,18,19). The number of aromatic nitrogens is 1. The van der Waals surface area contributed by atoms with E-state index in [9.17, 15) is 8.78 Å². The monoisotopic (exact) mass is 326 g/mol. The number of benzene rings is 1. The van der Waals surface area contributed by atoms with Gasteiger partial charge in [-0.1, -0.05) is 6.92 Å². The summed E-state index contributed by atoms with van der Waals surface area (Å²) < 4.78 is 28.0. The first-order valence-electron chi connectivity index (χ1n) is 5.97. The van der Waals surface area contributed by atoms with E-state index >= 15 is 0 Å². The molecule has 1 aromatic heterocycles. The van der Waals surface area contributed by atoms with Crippen LogP contribution < -0.4 is 5.32 Å². The van der Waals surface area contributed by atoms with Gasteiger partial charge in [-0.3, -0.25) is 4.98 Å². The lowest BCUT2D eigenvalue weighted by Gasteiger charge is -2.09. The Morgan fingerprint density at radius 3 is 2.79 bits per heavy atom. The van der Waals surface area contributed by atoms with Gasteiger partial charge in [0.1, 0.15) is 11.6 Å². The van der Waals surface area contributed by atoms with Gasteiger partial charge < -0.3 is 5.32 Å². The molecule has 0 fully saturated rings. The lowest BCUT2D eigenvalue weighted by molar-refractivity contribution is 0.584. The molecule has 0 saturated heterocycles. The van der Waals surface area contributed by atoms with Gasteiger partial charge in [-0.2, -0.15) is 0 Å². The molecular weight excluding hydrogens is 314 g/mol. The fourth-order valence-electron chi connectivity index (χ4n) is 1.71. The van der Waals surface area contributed by atoms with Crippen LogP contribution in [0, 0.1) is 11.6 Å². The molecule has 2 rings (SSSR count). The minimum Gasteiger partial charge on any atom is -0.385 e. The van der Waals surface area contributed by atoms with Crippen molar-refractivity contribution in [2.24, 2.45) is 0 Å². The first-order chi connectivity index (χ1) is 9.13. The highest BCUT2D eigenvalue weighted by atomic mass is 79.9. The Hall–Kier alpha value is -1.49. The second kappa shape index (κ2) is 6.10. The molecule has 19 heavy (non-hydrogen) atoms. The Morgan fingerprint density at radius 1 is 1.26 bits per heavy atom. The van der Waals surface area contributed by atoms with Crippen LogP contribution in [-0.2, 0) is 0 Å². The quantitative estimate of drug-likeness (QED) is 0.830. The Morgan fingerprint density at radius 2 is 2.05 bits per heavy atom. The Bertz CT molecular complexity index is 588. The summed E-state index contributed by atoms with van der Waals surface area (Å²) in [5.41, 5.74) is 0.956. The van der Waals surface area contributed by atoms with E-state index in [1.807, 2.05) is 6.92 Å². The first-order valence-corrected chi connectivity index (χ1v) is 6.76. The number of hydrogen-bond acceptors (Lipinski definition) is 2. The molecule has 0 aliphatic rings. The molecule has 0 amide bonds. The Balaban J connectivity index is 2.44. The molecule has 2 aromatic rings. The average Bonchev–Trinajstić information content (AvgIpc) is 2.42. The van der Waals surface area contributed by atoms with Gasteiger partial charge in [-0.05, 0) is 46.6 Å². The highest BCUT2D eigenvalue weighted by Gasteiger charge is 2.15. The highest BCUT2D eigenvalue weighted by molar-refractivity contribution is 9.10. The predicted octanol–water partition coefficient (Wildman–Crippen LogP) is 4.61. The zero-order chi connectivity index (χ0) is 13.8. The fraction of sp³-hybridized carbons (Fsp3) is 0.214. The van der Waals surface area contributed by atoms with Crippen molar-refractivity contribution in [2.45, 2.75) is 13.3 Å². The number of hydrogen-bond donors (Lipinski definition) is 1. The highest BCUT2D eigenvalue weighted by Crippen LogP contribution is 2.30. The SMILES string of the molecule is CCCNc1ccnc(-c2c(F)ccc(Br)c2F)c1. The van der Waals surface area contributed by atoms with Crippen LogP contribution in [-0.4, -0.2) is 11.5 Å². The van der Waals surface area contributed by atoms with Gasteiger partial charge in [0.25, 0.3) is 0 Å². The first kappa shape index (κ1) is 13.9. The van der Waals surface area contributed by atoms with Crippen LogP contribution in [0.3, 0.4) is 0 Å². The molecular formula is C14H13BrF2N2. The van der Waals surface area contributed by atoms with Gasteiger partial charge in [0.05, 0.1) is 15.7 Å². The Labute approximate surface area is 119 Å². The summed E-state index contributed by atoms with van der Waals surface area (Å²) in [7, 11) is 0. The van der Waals surface area contributed by atoms with Crippen LogP contribution in [0.1, 0.15) is 13.3 Å². The molecule has 0 atom stereocenters. The molecule has 0 radical (unpaired) electrons. The van der Waals surface area contributed by atoms with Gasteiger partial charge in [0.15, 0.2) is 0 Å². The molecule has 0 bridgehead atoms. The normalized spacial score (nSPS) is 10.5. The molecule has 1 heterocycles. The number of nitrogens with one attached hydrogen (secondary N) is 1. The fourth-order valence-corrected chi connectivity index (χ4v) is 2.04. The zero-order valence-corrected chi connectivity index (χ0v) is 12.0. The zero-order valence-electron chi connectivity index (χ0n) is 10.4. The van der Waals surface area contributed by atoms with Crippen molar-refractivity contribution in [3.05, 3.63) is 46.6 Å². The lowest BCUT2D eigenvalue weighted by Crippen LogP contribution is -2.01. The maximum atomic E-state index is 14.0. The molecule has 0 unspecified atom stereocenters. The van der Waals surface area contributed by atoms with Crippen molar-refractivity contribution in [2.75, 3.05) is 11.9 Å². The summed E-state index contributed by atoms with van der Waals surface area (Å²) in [5, 5.41) is 3.16. The van der Waals surface area contributed by atoms with E-state index in [0.717, 1.165) is 18.7 Å². The largest absolute Gasteiger partial charge is 0.385 e. The van der Waals surface area contributed by atoms with E-state index < -0.39 is 11.6 Å². The van der Waals surface area contributed by atoms with E-state index in [1.165, 1.54) is 18.3 Å². The van der Waals surface area contributed by atoms with Gasteiger partial charge in [0, 0.05) is 18.4 Å². The lowest BCUT2D eigenvalue weighted by atomic mass is 10.1. The molecule has 5 heteroatoms. The molecule has 0 saturated carbocycles. The number of pyridine rings is 1. The molecule has 0 spiro atoms. The van der Waals surface area contributed by atoms with Crippen LogP contribution in [0.25, 0.3) is 11.3 Å². The third-order valence-electron chi connectivity index (χ3n) is 2.64. The van der Waals surface area contributed by atoms with Crippen molar-refractivity contribution >= 4 is 21.6 Å². The van der Waals surface area contributed by atoms with Crippen LogP contribution in [0.4, 0.5) is 14.5 Å². The maximum Gasteiger partial charge on any atom is 0.149 e. The third kappa shape index (κ3) is 3.10. The van der Waals surface area contributed by atoms with E-state index in [1.54, 1.807) is 12.1 Å². The molecule has 2 nitrogen and oxygen atoms in total. The summed E-state index contributed by atoms with van der Waals surface area (Å²) >= 11 is 3.05. The molecule has 0 aliphatic carbocycles. The molecule has 1 aromatic carbocycles. The van der Waals surface area contributed by atoms with Gasteiger partial charge in [0.2, 0.25) is 0 Å². The molecule has 100 valence electrons. The van der Waals surface area contributed by atoms with Gasteiger partial charge >= 0.3 is 0 Å². The van der Waals surface area contributed by atoms with E-state index in [0.29, 0.717) is 0 Å². The number of halogens is 3. The minimum atomic E-state index is -0.639. The van der Waals surface area contributed by atoms with Crippen molar-refractivity contribution in [1.29, 1.82) is 0 Å². The van der Waals surface area contributed by atoms with Crippen LogP contribution >= 0.6 is 15.9 Å². The van der Waals surface area contributed by atoms with Crippen molar-refractivity contribution in [3.8, 4) is 11.3 Å². The summed E-state index contributed by atoms with van der Waals surface area (Å²) in [6, 6.07) is 5.97. The second-order valence-electron chi connectivity index (χ2n) is 4.07. The maximum absolute atomic E-state index is 14.0. The summed E-state index contributed by atoms with van der Waals surface area (Å²) in [4.78, 5) is 4.04. The van der Waals surface area contributed by atoms with Crippen molar-refractivity contribution in [3.63, 3.8) is 0 Å². The van der Waals surface area contributed by atoms with Crippen LogP contribution in [0.15, 0.2) is 34.9 Å². The third-order valence-corrected chi connectivity index (χ3v) is 3.25. The number of anilines is 1. The van der Waals surface area contributed by atoms with Crippen molar-refractivity contribution < 1.29 is 8.78 Å². The van der Waals surface area contributed by atoms with Crippen LogP contribution in [0.2, 0.25) is 0 Å². The summed E-state index contributed by atoms with van der Waals surface area (Å²) in [6.07, 6.45) is 2.50. The smallest absolute Gasteiger partial charge is 0.149 e. The van der Waals surface area contributed by atoms with E-state index in [2.05, 4.69) is 26.2 Å². The number of rotatable bonds is 4. The van der Waals surface area contributed by atoms with E-state index in [-0.39, 0.29) is 15.7 Å². The summed E-state index contributed by atoms with van der Waals surface area (Å²) in [6.45, 7) is 2.84. The van der Waals surface area contributed by atoms with Crippen LogP contribution in [0.5, 0.6) is 0 Å². The van der Waals surface area contributed by atoms with Crippen molar-refractivity contribution in [1.82, 2.24) is 4.98 Å². The van der Waals surface area contributed by atoms with E-state index in [4.69, 9.17) is 0 Å². The second-order valence-corrected chi connectivity index (χ2v) is 4.93. The molecule has 1 N–H and O–H groups in total. The van der Waals surface area contributed by atoms with Gasteiger partial charge in [-0.25, -0.2) is 8.78 Å². The molecule has 0 aliphatic heterocycles. The van der Waals surface area contributed by atoms with Gasteiger partial charge in [-0.15, -0.1) is 0 Å².